The van der Waals surface area contributed by atoms with Crippen LogP contribution in [0.2, 0.25) is 0 Å². The van der Waals surface area contributed by atoms with Crippen molar-refractivity contribution in [2.75, 3.05) is 0 Å². The number of nitrogens with two attached hydrogens (primary N) is 1. The molecule has 0 aliphatic rings. The second kappa shape index (κ2) is 2.79. The summed E-state index contributed by atoms with van der Waals surface area (Å²) in [6.07, 6.45) is -4.71. The molecule has 7 heteroatoms. The van der Waals surface area contributed by atoms with Gasteiger partial charge in [-0.3, -0.25) is 0 Å². The molecule has 0 aromatic heterocycles. The molecule has 0 rings (SSSR count). The van der Waals surface area contributed by atoms with E-state index in [1.165, 1.54) is 0 Å². The van der Waals surface area contributed by atoms with E-state index in [1.54, 1.807) is 0 Å². The number of halogens is 3. The molecule has 0 aliphatic heterocycles. The van der Waals surface area contributed by atoms with Gasteiger partial charge in [-0.25, -0.2) is 0 Å². The second-order valence-electron chi connectivity index (χ2n) is 1.31. The molecule has 0 aliphatic carbocycles. The van der Waals surface area contributed by atoms with Crippen LogP contribution in [0.15, 0.2) is 0 Å². The quantitative estimate of drug-likeness (QED) is 0.481. The molecule has 0 spiro atoms. The van der Waals surface area contributed by atoms with Crippen molar-refractivity contribution in [1.29, 1.82) is 0 Å². The van der Waals surface area contributed by atoms with Crippen molar-refractivity contribution in [1.82, 2.24) is 0 Å². The van der Waals surface area contributed by atoms with E-state index < -0.39 is 20.3 Å². The SMILES string of the molecule is NC(P(O)O)C(F)(F)F. The molecule has 1 unspecified atom stereocenters. The van der Waals surface area contributed by atoms with Gasteiger partial charge in [-0.05, 0) is 0 Å². The van der Waals surface area contributed by atoms with Crippen molar-refractivity contribution >= 4 is 8.38 Å². The first-order chi connectivity index (χ1) is 3.85. The Morgan fingerprint density at radius 1 is 1.33 bits per heavy atom. The van der Waals surface area contributed by atoms with Crippen LogP contribution in [-0.2, 0) is 0 Å². The highest BCUT2D eigenvalue weighted by Gasteiger charge is 2.41. The van der Waals surface area contributed by atoms with Crippen molar-refractivity contribution in [2.24, 2.45) is 5.73 Å². The van der Waals surface area contributed by atoms with Gasteiger partial charge in [0, 0.05) is 0 Å². The summed E-state index contributed by atoms with van der Waals surface area (Å²) >= 11 is 0. The Labute approximate surface area is 50.2 Å². The lowest BCUT2D eigenvalue weighted by Crippen LogP contribution is -2.35. The van der Waals surface area contributed by atoms with E-state index in [1.807, 2.05) is 0 Å². The van der Waals surface area contributed by atoms with Crippen LogP contribution in [0, 0.1) is 0 Å². The summed E-state index contributed by atoms with van der Waals surface area (Å²) in [5.74, 6) is -2.51. The van der Waals surface area contributed by atoms with Crippen molar-refractivity contribution in [2.45, 2.75) is 12.0 Å². The van der Waals surface area contributed by atoms with Crippen molar-refractivity contribution < 1.29 is 23.0 Å². The van der Waals surface area contributed by atoms with Crippen LogP contribution in [0.5, 0.6) is 0 Å². The molecule has 0 saturated carbocycles. The fourth-order valence-electron chi connectivity index (χ4n) is 0.131. The highest BCUT2D eigenvalue weighted by molar-refractivity contribution is 7.45. The highest BCUT2D eigenvalue weighted by Crippen LogP contribution is 2.38. The molecule has 0 fully saturated rings. The third-order valence-electron chi connectivity index (χ3n) is 0.584. The number of alkyl halides is 3. The highest BCUT2D eigenvalue weighted by atomic mass is 31.2. The zero-order valence-electron chi connectivity index (χ0n) is 4.13. The van der Waals surface area contributed by atoms with Gasteiger partial charge < -0.3 is 15.5 Å². The number of hydrogen-bond acceptors (Lipinski definition) is 3. The van der Waals surface area contributed by atoms with Crippen LogP contribution < -0.4 is 5.73 Å². The molecule has 0 aromatic rings. The Balaban J connectivity index is 3.88. The Bertz CT molecular complexity index is 94.3. The van der Waals surface area contributed by atoms with Crippen LogP contribution in [0.4, 0.5) is 13.2 Å². The van der Waals surface area contributed by atoms with Crippen molar-refractivity contribution in [3.63, 3.8) is 0 Å². The van der Waals surface area contributed by atoms with Gasteiger partial charge in [0.15, 0.2) is 14.2 Å². The smallest absolute Gasteiger partial charge is 0.349 e. The van der Waals surface area contributed by atoms with E-state index >= 15 is 0 Å². The Hall–Kier alpha value is 0.100. The summed E-state index contributed by atoms with van der Waals surface area (Å²) in [5, 5.41) is 0. The zero-order chi connectivity index (χ0) is 7.65. The minimum atomic E-state index is -4.71. The van der Waals surface area contributed by atoms with Gasteiger partial charge in [-0.2, -0.15) is 13.2 Å². The van der Waals surface area contributed by atoms with Gasteiger partial charge >= 0.3 is 6.18 Å². The van der Waals surface area contributed by atoms with Crippen molar-refractivity contribution in [3.8, 4) is 0 Å². The second-order valence-corrected chi connectivity index (χ2v) is 2.50. The molecule has 9 heavy (non-hydrogen) atoms. The third-order valence-corrected chi connectivity index (χ3v) is 1.37. The molecule has 0 saturated heterocycles. The average Bonchev–Trinajstić information content (AvgIpc) is 1.62. The largest absolute Gasteiger partial charge is 0.412 e. The Morgan fingerprint density at radius 3 is 1.67 bits per heavy atom. The molecule has 3 nitrogen and oxygen atoms in total. The van der Waals surface area contributed by atoms with Gasteiger partial charge in [0.2, 0.25) is 0 Å². The maximum absolute atomic E-state index is 11.3. The Morgan fingerprint density at radius 2 is 1.67 bits per heavy atom. The normalized spacial score (nSPS) is 16.3. The Kier molecular flexibility index (Phi) is 2.82. The molecule has 0 aromatic carbocycles. The summed E-state index contributed by atoms with van der Waals surface area (Å²) in [6, 6.07) is 0. The van der Waals surface area contributed by atoms with E-state index in [4.69, 9.17) is 9.79 Å². The van der Waals surface area contributed by atoms with Crippen LogP contribution in [0.1, 0.15) is 0 Å². The van der Waals surface area contributed by atoms with E-state index in [9.17, 15) is 13.2 Å². The summed E-state index contributed by atoms with van der Waals surface area (Å²) < 4.78 is 33.8. The maximum atomic E-state index is 11.3. The fourth-order valence-corrected chi connectivity index (χ4v) is 0.393. The molecule has 1 atom stereocenters. The van der Waals surface area contributed by atoms with Crippen LogP contribution in [0.25, 0.3) is 0 Å². The number of rotatable bonds is 1. The molecule has 0 radical (unpaired) electrons. The molecular formula is C2H5F3NO2P. The maximum Gasteiger partial charge on any atom is 0.412 e. The summed E-state index contributed by atoms with van der Waals surface area (Å²) in [4.78, 5) is 15.9. The first kappa shape index (κ1) is 9.10. The first-order valence-corrected chi connectivity index (χ1v) is 3.16. The van der Waals surface area contributed by atoms with Crippen LogP contribution >= 0.6 is 8.38 Å². The molecular weight excluding hydrogens is 158 g/mol. The lowest BCUT2D eigenvalue weighted by atomic mass is 10.7. The molecule has 0 amide bonds. The van der Waals surface area contributed by atoms with Gasteiger partial charge in [0.1, 0.15) is 0 Å². The summed E-state index contributed by atoms with van der Waals surface area (Å²) in [6.45, 7) is 0. The topological polar surface area (TPSA) is 66.5 Å². The van der Waals surface area contributed by atoms with E-state index in [0.717, 1.165) is 0 Å². The third kappa shape index (κ3) is 2.95. The monoisotopic (exact) mass is 163 g/mol. The molecule has 0 heterocycles. The minimum absolute atomic E-state index is 2.51. The summed E-state index contributed by atoms with van der Waals surface area (Å²) in [7, 11) is -3.10. The van der Waals surface area contributed by atoms with Crippen molar-refractivity contribution in [3.05, 3.63) is 0 Å². The summed E-state index contributed by atoms with van der Waals surface area (Å²) in [5.41, 5.74) is 4.30. The number of hydrogen-bond donors (Lipinski definition) is 3. The minimum Gasteiger partial charge on any atom is -0.349 e. The molecule has 56 valence electrons. The van der Waals surface area contributed by atoms with Gasteiger partial charge in [-0.1, -0.05) is 0 Å². The first-order valence-electron chi connectivity index (χ1n) is 1.85. The van der Waals surface area contributed by atoms with E-state index in [-0.39, 0.29) is 0 Å². The predicted octanol–water partition coefficient (Wildman–Crippen LogP) is 0.130. The predicted molar refractivity (Wildman–Crippen MR) is 25.4 cm³/mol. The van der Waals surface area contributed by atoms with Crippen LogP contribution in [0.3, 0.4) is 0 Å². The van der Waals surface area contributed by atoms with Gasteiger partial charge in [0.05, 0.1) is 0 Å². The van der Waals surface area contributed by atoms with Crippen LogP contribution in [-0.4, -0.2) is 21.7 Å². The lowest BCUT2D eigenvalue weighted by Gasteiger charge is -2.15. The van der Waals surface area contributed by atoms with E-state index in [0.29, 0.717) is 0 Å². The van der Waals surface area contributed by atoms with Gasteiger partial charge in [0.25, 0.3) is 0 Å². The standard InChI is InChI=1S/C2H5F3NO2P/c3-2(4,5)1(6)9(7)8/h1,7-8H,6H2. The fraction of sp³-hybridized carbons (Fsp3) is 1.00. The van der Waals surface area contributed by atoms with E-state index in [2.05, 4.69) is 5.73 Å². The van der Waals surface area contributed by atoms with Gasteiger partial charge in [-0.15, -0.1) is 0 Å². The molecule has 4 N–H and O–H groups in total. The zero-order valence-corrected chi connectivity index (χ0v) is 5.02. The lowest BCUT2D eigenvalue weighted by molar-refractivity contribution is -0.131. The molecule has 0 bridgehead atoms. The average molecular weight is 163 g/mol.